The fourth-order valence-electron chi connectivity index (χ4n) is 2.58. The number of amides is 1. The molecule has 0 fully saturated rings. The van der Waals surface area contributed by atoms with Crippen molar-refractivity contribution >= 4 is 11.6 Å². The van der Waals surface area contributed by atoms with Crippen LogP contribution < -0.4 is 19.5 Å². The van der Waals surface area contributed by atoms with E-state index in [1.165, 1.54) is 7.11 Å². The predicted octanol–water partition coefficient (Wildman–Crippen LogP) is 3.55. The first-order valence-corrected chi connectivity index (χ1v) is 8.25. The Kier molecular flexibility index (Phi) is 5.61. The molecule has 27 heavy (non-hydrogen) atoms. The number of aromatic nitrogens is 1. The summed E-state index contributed by atoms with van der Waals surface area (Å²) in [5, 5.41) is 6.78. The zero-order valence-corrected chi connectivity index (χ0v) is 15.3. The lowest BCUT2D eigenvalue weighted by Crippen LogP contribution is -2.15. The van der Waals surface area contributed by atoms with E-state index in [1.54, 1.807) is 38.5 Å². The minimum Gasteiger partial charge on any atom is -0.497 e. The van der Waals surface area contributed by atoms with Gasteiger partial charge in [-0.3, -0.25) is 4.79 Å². The largest absolute Gasteiger partial charge is 0.497 e. The molecule has 0 radical (unpaired) electrons. The van der Waals surface area contributed by atoms with Crippen molar-refractivity contribution in [3.63, 3.8) is 0 Å². The van der Waals surface area contributed by atoms with Crippen LogP contribution in [0.1, 0.15) is 5.69 Å². The van der Waals surface area contributed by atoms with Gasteiger partial charge in [0.25, 0.3) is 0 Å². The summed E-state index contributed by atoms with van der Waals surface area (Å²) in [4.78, 5) is 12.4. The van der Waals surface area contributed by atoms with Crippen LogP contribution >= 0.6 is 0 Å². The number of carbonyl (C=O) groups excluding carboxylic acids is 1. The number of rotatable bonds is 7. The highest BCUT2D eigenvalue weighted by atomic mass is 16.5. The fourth-order valence-corrected chi connectivity index (χ4v) is 2.58. The molecule has 0 saturated heterocycles. The topological polar surface area (TPSA) is 82.8 Å². The van der Waals surface area contributed by atoms with Gasteiger partial charge in [-0.05, 0) is 24.3 Å². The Balaban J connectivity index is 1.71. The molecule has 0 bridgehead atoms. The summed E-state index contributed by atoms with van der Waals surface area (Å²) in [6.07, 6.45) is 0.0633. The maximum Gasteiger partial charge on any atom is 0.230 e. The molecule has 0 aliphatic rings. The maximum absolute atomic E-state index is 12.4. The van der Waals surface area contributed by atoms with Gasteiger partial charge >= 0.3 is 0 Å². The quantitative estimate of drug-likeness (QED) is 0.687. The second kappa shape index (κ2) is 8.27. The Labute approximate surface area is 156 Å². The number of nitrogens with zero attached hydrogens (tertiary/aromatic N) is 1. The molecule has 1 heterocycles. The van der Waals surface area contributed by atoms with Crippen molar-refractivity contribution in [1.82, 2.24) is 5.16 Å². The summed E-state index contributed by atoms with van der Waals surface area (Å²) >= 11 is 0. The van der Waals surface area contributed by atoms with Gasteiger partial charge in [0.05, 0.1) is 39.1 Å². The first kappa shape index (κ1) is 18.3. The highest BCUT2D eigenvalue weighted by molar-refractivity contribution is 5.93. The van der Waals surface area contributed by atoms with Gasteiger partial charge in [0.2, 0.25) is 5.91 Å². The molecule has 0 aliphatic carbocycles. The number of nitrogens with one attached hydrogen (secondary N) is 1. The van der Waals surface area contributed by atoms with Gasteiger partial charge in [0, 0.05) is 17.7 Å². The molecule has 140 valence electrons. The molecule has 7 heteroatoms. The maximum atomic E-state index is 12.4. The average Bonchev–Trinajstić information content (AvgIpc) is 3.16. The van der Waals surface area contributed by atoms with E-state index in [0.717, 1.165) is 5.56 Å². The van der Waals surface area contributed by atoms with Crippen molar-refractivity contribution < 1.29 is 23.5 Å². The van der Waals surface area contributed by atoms with Gasteiger partial charge in [0.1, 0.15) is 17.2 Å². The molecular weight excluding hydrogens is 348 g/mol. The monoisotopic (exact) mass is 368 g/mol. The molecule has 2 aromatic carbocycles. The van der Waals surface area contributed by atoms with Crippen LogP contribution in [0.5, 0.6) is 17.2 Å². The predicted molar refractivity (Wildman–Crippen MR) is 100 cm³/mol. The lowest BCUT2D eigenvalue weighted by molar-refractivity contribution is -0.115. The van der Waals surface area contributed by atoms with Crippen molar-refractivity contribution in [2.75, 3.05) is 26.6 Å². The Hall–Kier alpha value is -3.48. The van der Waals surface area contributed by atoms with Gasteiger partial charge in [-0.1, -0.05) is 17.3 Å². The van der Waals surface area contributed by atoms with Crippen molar-refractivity contribution in [1.29, 1.82) is 0 Å². The number of hydrogen-bond donors (Lipinski definition) is 1. The molecule has 1 amide bonds. The van der Waals surface area contributed by atoms with Crippen molar-refractivity contribution in [2.45, 2.75) is 6.42 Å². The summed E-state index contributed by atoms with van der Waals surface area (Å²) < 4.78 is 21.0. The van der Waals surface area contributed by atoms with Crippen LogP contribution in [0.2, 0.25) is 0 Å². The number of carbonyl (C=O) groups is 1. The minimum absolute atomic E-state index is 0.0633. The van der Waals surface area contributed by atoms with E-state index in [1.807, 2.05) is 24.3 Å². The van der Waals surface area contributed by atoms with Gasteiger partial charge < -0.3 is 24.1 Å². The first-order chi connectivity index (χ1) is 13.1. The van der Waals surface area contributed by atoms with E-state index in [9.17, 15) is 4.79 Å². The summed E-state index contributed by atoms with van der Waals surface area (Å²) in [6, 6.07) is 14.3. The second-order valence-electron chi connectivity index (χ2n) is 5.71. The summed E-state index contributed by atoms with van der Waals surface area (Å²) in [5.41, 5.74) is 1.87. The third-order valence-electron chi connectivity index (χ3n) is 3.94. The molecule has 7 nitrogen and oxygen atoms in total. The lowest BCUT2D eigenvalue weighted by atomic mass is 10.1. The molecule has 3 aromatic rings. The Morgan fingerprint density at radius 2 is 1.78 bits per heavy atom. The number of benzene rings is 2. The van der Waals surface area contributed by atoms with E-state index >= 15 is 0 Å². The minimum atomic E-state index is -0.243. The van der Waals surface area contributed by atoms with Crippen LogP contribution in [-0.4, -0.2) is 32.4 Å². The fraction of sp³-hybridized carbons (Fsp3) is 0.200. The van der Waals surface area contributed by atoms with Crippen molar-refractivity contribution in [3.8, 4) is 28.6 Å². The second-order valence-corrected chi connectivity index (χ2v) is 5.71. The van der Waals surface area contributed by atoms with Crippen LogP contribution in [0.3, 0.4) is 0 Å². The number of hydrogen-bond acceptors (Lipinski definition) is 6. The van der Waals surface area contributed by atoms with Crippen LogP contribution in [-0.2, 0) is 11.2 Å². The van der Waals surface area contributed by atoms with E-state index in [4.69, 9.17) is 18.7 Å². The molecule has 0 spiro atoms. The highest BCUT2D eigenvalue weighted by Gasteiger charge is 2.14. The summed E-state index contributed by atoms with van der Waals surface area (Å²) in [6.45, 7) is 0. The zero-order chi connectivity index (χ0) is 19.2. The third kappa shape index (κ3) is 4.38. The smallest absolute Gasteiger partial charge is 0.230 e. The number of ether oxygens (including phenoxy) is 3. The standard InChI is InChI=1S/C20H20N2O5/c1-24-15-6-4-5-13(9-15)19-10-14(22-27-19)11-20(23)21-17-12-16(25-2)7-8-18(17)26-3/h4-10,12H,11H2,1-3H3,(H,21,23). The average molecular weight is 368 g/mol. The molecular formula is C20H20N2O5. The van der Waals surface area contributed by atoms with E-state index in [-0.39, 0.29) is 12.3 Å². The van der Waals surface area contributed by atoms with E-state index < -0.39 is 0 Å². The van der Waals surface area contributed by atoms with Crippen LogP contribution in [0.15, 0.2) is 53.1 Å². The Bertz CT molecular complexity index is 936. The molecule has 3 rings (SSSR count). The summed E-state index contributed by atoms with van der Waals surface area (Å²) in [7, 11) is 4.69. The molecule has 0 atom stereocenters. The van der Waals surface area contributed by atoms with E-state index in [2.05, 4.69) is 10.5 Å². The Morgan fingerprint density at radius 3 is 2.52 bits per heavy atom. The third-order valence-corrected chi connectivity index (χ3v) is 3.94. The van der Waals surface area contributed by atoms with Crippen LogP contribution in [0.25, 0.3) is 11.3 Å². The molecule has 0 unspecified atom stereocenters. The van der Waals surface area contributed by atoms with Gasteiger partial charge in [-0.2, -0.15) is 0 Å². The molecule has 1 aromatic heterocycles. The molecule has 0 aliphatic heterocycles. The van der Waals surface area contributed by atoms with Crippen molar-refractivity contribution in [2.24, 2.45) is 0 Å². The summed E-state index contributed by atoms with van der Waals surface area (Å²) in [5.74, 6) is 2.20. The normalized spacial score (nSPS) is 10.3. The van der Waals surface area contributed by atoms with Gasteiger partial charge in [-0.25, -0.2) is 0 Å². The molecule has 0 saturated carbocycles. The number of anilines is 1. The van der Waals surface area contributed by atoms with Gasteiger partial charge in [0.15, 0.2) is 5.76 Å². The zero-order valence-electron chi connectivity index (χ0n) is 15.3. The number of methoxy groups -OCH3 is 3. The van der Waals surface area contributed by atoms with Crippen molar-refractivity contribution in [3.05, 3.63) is 54.2 Å². The van der Waals surface area contributed by atoms with Crippen LogP contribution in [0.4, 0.5) is 5.69 Å². The van der Waals surface area contributed by atoms with E-state index in [0.29, 0.717) is 34.4 Å². The lowest BCUT2D eigenvalue weighted by Gasteiger charge is -2.11. The first-order valence-electron chi connectivity index (χ1n) is 8.25. The Morgan fingerprint density at radius 1 is 1.00 bits per heavy atom. The molecule has 1 N–H and O–H groups in total. The van der Waals surface area contributed by atoms with Gasteiger partial charge in [-0.15, -0.1) is 0 Å². The SMILES string of the molecule is COc1cccc(-c2cc(CC(=O)Nc3cc(OC)ccc3OC)no2)c1. The van der Waals surface area contributed by atoms with Crippen LogP contribution in [0, 0.1) is 0 Å². The highest BCUT2D eigenvalue weighted by Crippen LogP contribution is 2.29.